The smallest absolute Gasteiger partial charge is 0.411 e. The molecule has 3 rings (SSSR count). The minimum Gasteiger partial charge on any atom is -0.444 e. The molecule has 2 N–H and O–H groups in total. The van der Waals surface area contributed by atoms with Crippen molar-refractivity contribution in [3.8, 4) is 17.2 Å². The van der Waals surface area contributed by atoms with Gasteiger partial charge in [0.1, 0.15) is 29.4 Å². The molecule has 0 fully saturated rings. The number of nitrogens with one attached hydrogen (secondary N) is 2. The summed E-state index contributed by atoms with van der Waals surface area (Å²) in [6, 6.07) is 4.83. The largest absolute Gasteiger partial charge is 0.444 e. The lowest BCUT2D eigenvalue weighted by Gasteiger charge is -2.25. The van der Waals surface area contributed by atoms with E-state index in [0.717, 1.165) is 68.8 Å². The maximum atomic E-state index is 15.5. The molecule has 0 spiro atoms. The lowest BCUT2D eigenvalue weighted by atomic mass is 9.82. The number of Topliss-reactive ketones (excluding diaryl/α,β-unsaturated/α-hetero) is 1. The molecular formula is C43H61FN4O4S2. The third-order valence-electron chi connectivity index (χ3n) is 8.49. The van der Waals surface area contributed by atoms with Crippen LogP contribution in [0.1, 0.15) is 135 Å². The number of ketones is 1. The minimum absolute atomic E-state index is 0.00665. The van der Waals surface area contributed by atoms with Gasteiger partial charge in [0, 0.05) is 22.6 Å². The van der Waals surface area contributed by atoms with E-state index in [0.29, 0.717) is 43.2 Å². The molecule has 1 amide bonds. The number of fused-ring (bicyclic) bond motifs is 1. The number of hydrogen-bond donors (Lipinski definition) is 2. The molecule has 8 nitrogen and oxygen atoms in total. The number of hydrogen-bond acceptors (Lipinski definition) is 8. The number of unbranched alkanes of at least 4 members (excludes halogenated alkanes) is 1. The SMILES string of the molecule is C=C(CSc1c(F)ccc(-c2c(CC)c(C)c(C(=NC(CCC)C(C)=O)N/C(=C/CC)SCC)c3c2COC3)c1C#N)NC(=O)OC(C)(C)C.CCCC. The standard InChI is InChI=1S/C39H51FN4O4S2.C4H10/c1-11-15-32(25(7)45)43-37(44-33(16-12-2)49-14-4)34-24(6)26(13-3)35(30-21-47-20-29(30)34)27-17-18-31(40)36(28(27)19-41)50-22-23(5)42-38(46)48-39(8,9)10;1-3-4-2/h16-18,32H,5,11-15,20-22H2,1-4,6-10H3,(H,42,46)(H,43,44);3-4H2,1-2H3/b33-16-;. The van der Waals surface area contributed by atoms with Gasteiger partial charge < -0.3 is 14.8 Å². The van der Waals surface area contributed by atoms with Crippen LogP contribution in [0.25, 0.3) is 11.1 Å². The monoisotopic (exact) mass is 780 g/mol. The van der Waals surface area contributed by atoms with Gasteiger partial charge in [-0.15, -0.1) is 23.5 Å². The van der Waals surface area contributed by atoms with E-state index in [1.54, 1.807) is 45.5 Å². The number of carbonyl (C=O) groups is 2. The zero-order chi connectivity index (χ0) is 40.6. The number of rotatable bonds is 16. The second kappa shape index (κ2) is 22.7. The van der Waals surface area contributed by atoms with Gasteiger partial charge >= 0.3 is 6.09 Å². The number of alkyl carbamates (subject to hydrolysis) is 1. The summed E-state index contributed by atoms with van der Waals surface area (Å²) in [5, 5.41) is 17.7. The molecule has 0 radical (unpaired) electrons. The average Bonchev–Trinajstić information content (AvgIpc) is 3.58. The number of benzene rings is 2. The van der Waals surface area contributed by atoms with Crippen molar-refractivity contribution in [2.75, 3.05) is 11.5 Å². The molecule has 0 bridgehead atoms. The summed E-state index contributed by atoms with van der Waals surface area (Å²) in [5.74, 6) is 1.10. The van der Waals surface area contributed by atoms with Crippen molar-refractivity contribution in [2.45, 2.75) is 144 Å². The molecule has 1 aliphatic rings. The number of halogens is 1. The molecule has 1 aliphatic heterocycles. The molecule has 11 heteroatoms. The quantitative estimate of drug-likeness (QED) is 0.0983. The van der Waals surface area contributed by atoms with Crippen LogP contribution in [0.15, 0.2) is 45.4 Å². The molecule has 0 aliphatic carbocycles. The van der Waals surface area contributed by atoms with Crippen LogP contribution in [-0.4, -0.2) is 40.9 Å². The Labute approximate surface area is 332 Å². The summed E-state index contributed by atoms with van der Waals surface area (Å²) < 4.78 is 26.9. The molecule has 296 valence electrons. The first-order valence-electron chi connectivity index (χ1n) is 19.1. The van der Waals surface area contributed by atoms with Crippen molar-refractivity contribution in [1.82, 2.24) is 10.6 Å². The van der Waals surface area contributed by atoms with Gasteiger partial charge in [-0.1, -0.05) is 79.5 Å². The lowest BCUT2D eigenvalue weighted by Crippen LogP contribution is -2.32. The van der Waals surface area contributed by atoms with Crippen molar-refractivity contribution in [1.29, 1.82) is 5.26 Å². The van der Waals surface area contributed by atoms with Crippen molar-refractivity contribution in [3.63, 3.8) is 0 Å². The Morgan fingerprint density at radius 3 is 2.30 bits per heavy atom. The van der Waals surface area contributed by atoms with Crippen molar-refractivity contribution in [3.05, 3.63) is 74.7 Å². The Kier molecular flexibility index (Phi) is 19.6. The fourth-order valence-electron chi connectivity index (χ4n) is 5.92. The molecular weight excluding hydrogens is 720 g/mol. The highest BCUT2D eigenvalue weighted by molar-refractivity contribution is 8.03. The number of amides is 1. The van der Waals surface area contributed by atoms with E-state index in [2.05, 4.69) is 64.0 Å². The Hall–Kier alpha value is -3.59. The van der Waals surface area contributed by atoms with Crippen LogP contribution in [0.3, 0.4) is 0 Å². The normalized spacial score (nSPS) is 13.3. The zero-order valence-electron chi connectivity index (χ0n) is 34.3. The molecule has 54 heavy (non-hydrogen) atoms. The van der Waals surface area contributed by atoms with Gasteiger partial charge in [-0.2, -0.15) is 5.26 Å². The minimum atomic E-state index is -0.684. The number of nitriles is 1. The van der Waals surface area contributed by atoms with Crippen molar-refractivity contribution in [2.24, 2.45) is 4.99 Å². The van der Waals surface area contributed by atoms with Crippen LogP contribution < -0.4 is 10.6 Å². The van der Waals surface area contributed by atoms with Gasteiger partial charge in [0.2, 0.25) is 0 Å². The van der Waals surface area contributed by atoms with Crippen LogP contribution in [0.5, 0.6) is 0 Å². The summed E-state index contributed by atoms with van der Waals surface area (Å²) in [7, 11) is 0. The van der Waals surface area contributed by atoms with E-state index >= 15 is 4.39 Å². The maximum Gasteiger partial charge on any atom is 0.411 e. The van der Waals surface area contributed by atoms with E-state index in [-0.39, 0.29) is 22.0 Å². The van der Waals surface area contributed by atoms with E-state index in [4.69, 9.17) is 14.5 Å². The highest BCUT2D eigenvalue weighted by Crippen LogP contribution is 2.43. The molecule has 0 saturated carbocycles. The van der Waals surface area contributed by atoms with Gasteiger partial charge in [-0.05, 0) is 93.5 Å². The van der Waals surface area contributed by atoms with E-state index in [1.807, 2.05) is 13.8 Å². The van der Waals surface area contributed by atoms with Gasteiger partial charge in [0.05, 0.1) is 28.7 Å². The summed E-state index contributed by atoms with van der Waals surface area (Å²) in [6.45, 7) is 26.1. The fourth-order valence-corrected chi connectivity index (χ4v) is 7.58. The first kappa shape index (κ1) is 46.6. The van der Waals surface area contributed by atoms with Crippen molar-refractivity contribution >= 4 is 41.2 Å². The summed E-state index contributed by atoms with van der Waals surface area (Å²) >= 11 is 2.78. The van der Waals surface area contributed by atoms with Crippen LogP contribution in [0, 0.1) is 24.1 Å². The van der Waals surface area contributed by atoms with Crippen LogP contribution in [-0.2, 0) is 33.9 Å². The Bertz CT molecular complexity index is 1730. The van der Waals surface area contributed by atoms with E-state index < -0.39 is 23.6 Å². The van der Waals surface area contributed by atoms with Gasteiger partial charge in [-0.3, -0.25) is 15.1 Å². The predicted octanol–water partition coefficient (Wildman–Crippen LogP) is 11.3. The molecule has 0 aromatic heterocycles. The summed E-state index contributed by atoms with van der Waals surface area (Å²) in [4.78, 5) is 30.3. The number of thioether (sulfide) groups is 2. The third-order valence-corrected chi connectivity index (χ3v) is 10.5. The predicted molar refractivity (Wildman–Crippen MR) is 225 cm³/mol. The average molecular weight is 781 g/mol. The van der Waals surface area contributed by atoms with Crippen molar-refractivity contribution < 1.29 is 23.5 Å². The second-order valence-corrected chi connectivity index (χ2v) is 16.3. The maximum absolute atomic E-state index is 15.5. The highest BCUT2D eigenvalue weighted by atomic mass is 32.2. The highest BCUT2D eigenvalue weighted by Gasteiger charge is 2.31. The fraction of sp³-hybridized carbons (Fsp3) is 0.535. The molecule has 2 aromatic rings. The molecule has 2 aromatic carbocycles. The molecule has 1 atom stereocenters. The van der Waals surface area contributed by atoms with E-state index in [1.165, 1.54) is 18.9 Å². The van der Waals surface area contributed by atoms with Crippen LogP contribution >= 0.6 is 23.5 Å². The van der Waals surface area contributed by atoms with Crippen LogP contribution in [0.4, 0.5) is 9.18 Å². The zero-order valence-corrected chi connectivity index (χ0v) is 35.9. The van der Waals surface area contributed by atoms with E-state index in [9.17, 15) is 14.9 Å². The summed E-state index contributed by atoms with van der Waals surface area (Å²) in [6.07, 6.45) is 7.02. The number of allylic oxidation sites excluding steroid dienone is 1. The number of carbonyl (C=O) groups excluding carboxylic acids is 2. The first-order valence-corrected chi connectivity index (χ1v) is 21.1. The Morgan fingerprint density at radius 1 is 1.09 bits per heavy atom. The Morgan fingerprint density at radius 2 is 1.76 bits per heavy atom. The summed E-state index contributed by atoms with van der Waals surface area (Å²) in [5.41, 5.74) is 6.03. The topological polar surface area (TPSA) is 113 Å². The number of amidine groups is 1. The number of ether oxygens (including phenoxy) is 2. The lowest BCUT2D eigenvalue weighted by molar-refractivity contribution is -0.118. The van der Waals surface area contributed by atoms with Crippen LogP contribution in [0.2, 0.25) is 0 Å². The number of nitrogens with zero attached hydrogens (tertiary/aromatic N) is 2. The Balaban J connectivity index is 0.00000239. The second-order valence-electron chi connectivity index (χ2n) is 14.0. The van der Waals surface area contributed by atoms with Gasteiger partial charge in [-0.25, -0.2) is 9.18 Å². The molecule has 1 heterocycles. The number of aliphatic imine (C=N–C) groups is 1. The molecule has 1 unspecified atom stereocenters. The third kappa shape index (κ3) is 13.0. The van der Waals surface area contributed by atoms with Gasteiger partial charge in [0.25, 0.3) is 0 Å². The van der Waals surface area contributed by atoms with Gasteiger partial charge in [0.15, 0.2) is 5.78 Å². The molecule has 0 saturated heterocycles. The first-order chi connectivity index (χ1) is 25.6.